The van der Waals surface area contributed by atoms with E-state index in [9.17, 15) is 28.4 Å². The second kappa shape index (κ2) is 12.1. The fraction of sp³-hybridized carbons (Fsp3) is 0.192. The number of Topliss-reactive ketones (excluding diaryl/α,β-unsaturated/α-hetero) is 1. The molecule has 2 N–H and O–H groups in total. The van der Waals surface area contributed by atoms with E-state index in [1.807, 2.05) is 0 Å². The molecule has 0 radical (unpaired) electrons. The molecule has 39 heavy (non-hydrogen) atoms. The average molecular weight is 549 g/mol. The number of anilines is 1. The summed E-state index contributed by atoms with van der Waals surface area (Å²) in [7, 11) is 0. The number of halogens is 1. The lowest BCUT2D eigenvalue weighted by atomic mass is 10.0. The van der Waals surface area contributed by atoms with Gasteiger partial charge in [0.1, 0.15) is 30.0 Å². The van der Waals surface area contributed by atoms with Gasteiger partial charge in [-0.3, -0.25) is 29.0 Å². The molecule has 13 heteroatoms. The Hall–Kier alpha value is -4.96. The van der Waals surface area contributed by atoms with Crippen LogP contribution in [0.2, 0.25) is 0 Å². The van der Waals surface area contributed by atoms with Gasteiger partial charge in [0, 0.05) is 18.0 Å². The number of thiazole rings is 1. The molecule has 3 aromatic rings. The Balaban J connectivity index is 1.45. The van der Waals surface area contributed by atoms with Crippen LogP contribution in [0.15, 0.2) is 60.1 Å². The Labute approximate surface area is 225 Å². The average Bonchev–Trinajstić information content (AvgIpc) is 3.55. The molecular formula is C26H21FN6O5S. The van der Waals surface area contributed by atoms with Gasteiger partial charge in [0.15, 0.2) is 0 Å². The van der Waals surface area contributed by atoms with E-state index in [2.05, 4.69) is 15.6 Å². The zero-order chi connectivity index (χ0) is 27.9. The first kappa shape index (κ1) is 27.1. The van der Waals surface area contributed by atoms with Crippen LogP contribution in [0.1, 0.15) is 16.1 Å². The van der Waals surface area contributed by atoms with Crippen LogP contribution in [0.25, 0.3) is 0 Å². The van der Waals surface area contributed by atoms with Crippen molar-refractivity contribution in [1.29, 1.82) is 5.26 Å². The number of hydrogen-bond donors (Lipinski definition) is 2. The smallest absolute Gasteiger partial charge is 0.332 e. The fourth-order valence-electron chi connectivity index (χ4n) is 3.88. The largest absolute Gasteiger partial charge is 0.344 e. The summed E-state index contributed by atoms with van der Waals surface area (Å²) in [5.74, 6) is -4.18. The van der Waals surface area contributed by atoms with E-state index in [-0.39, 0.29) is 24.2 Å². The highest BCUT2D eigenvalue weighted by Gasteiger charge is 2.39. The van der Waals surface area contributed by atoms with Crippen molar-refractivity contribution in [1.82, 2.24) is 20.5 Å². The minimum absolute atomic E-state index is 0.00959. The molecule has 2 aromatic carbocycles. The van der Waals surface area contributed by atoms with Crippen LogP contribution >= 0.6 is 11.3 Å². The Morgan fingerprint density at radius 2 is 1.92 bits per heavy atom. The fourth-order valence-corrected chi connectivity index (χ4v) is 4.43. The second-order valence-corrected chi connectivity index (χ2v) is 9.42. The summed E-state index contributed by atoms with van der Waals surface area (Å²) in [6.07, 6.45) is 1.55. The number of nitriles is 1. The molecule has 0 saturated carbocycles. The molecule has 2 heterocycles. The highest BCUT2D eigenvalue weighted by Crippen LogP contribution is 2.23. The first-order valence-electron chi connectivity index (χ1n) is 11.6. The molecule has 11 nitrogen and oxygen atoms in total. The van der Waals surface area contributed by atoms with Gasteiger partial charge in [-0.1, -0.05) is 30.3 Å². The minimum Gasteiger partial charge on any atom is -0.344 e. The predicted molar refractivity (Wildman–Crippen MR) is 137 cm³/mol. The van der Waals surface area contributed by atoms with Crippen molar-refractivity contribution >= 4 is 46.6 Å². The highest BCUT2D eigenvalue weighted by molar-refractivity contribution is 7.09. The molecule has 1 saturated heterocycles. The number of benzene rings is 2. The zero-order valence-electron chi connectivity index (χ0n) is 20.3. The zero-order valence-corrected chi connectivity index (χ0v) is 21.1. The Morgan fingerprint density at radius 3 is 2.62 bits per heavy atom. The van der Waals surface area contributed by atoms with E-state index in [4.69, 9.17) is 5.26 Å². The minimum atomic E-state index is -1.28. The van der Waals surface area contributed by atoms with Crippen molar-refractivity contribution < 1.29 is 28.4 Å². The molecule has 198 valence electrons. The summed E-state index contributed by atoms with van der Waals surface area (Å²) in [5, 5.41) is 16.3. The second-order valence-electron chi connectivity index (χ2n) is 8.44. The lowest BCUT2D eigenvalue weighted by Gasteiger charge is -2.20. The highest BCUT2D eigenvalue weighted by atomic mass is 32.1. The van der Waals surface area contributed by atoms with Crippen LogP contribution < -0.4 is 15.5 Å². The molecule has 1 unspecified atom stereocenters. The Bertz CT molecular complexity index is 1460. The van der Waals surface area contributed by atoms with E-state index in [1.54, 1.807) is 48.0 Å². The van der Waals surface area contributed by atoms with E-state index < -0.39 is 54.5 Å². The predicted octanol–water partition coefficient (Wildman–Crippen LogP) is 1.54. The molecule has 1 fully saturated rings. The number of amides is 5. The van der Waals surface area contributed by atoms with Crippen LogP contribution in [-0.4, -0.2) is 58.6 Å². The number of imide groups is 1. The number of aromatic nitrogens is 1. The summed E-state index contributed by atoms with van der Waals surface area (Å²) in [4.78, 5) is 69.5. The van der Waals surface area contributed by atoms with Crippen LogP contribution in [0.3, 0.4) is 0 Å². The molecule has 0 bridgehead atoms. The van der Waals surface area contributed by atoms with Gasteiger partial charge in [-0.25, -0.2) is 14.2 Å². The van der Waals surface area contributed by atoms with Crippen LogP contribution in [-0.2, 0) is 32.1 Å². The van der Waals surface area contributed by atoms with Crippen LogP contribution in [0.5, 0.6) is 0 Å². The SMILES string of the molecule is N#Cc1cc(F)cc(N2CC(=O)N(CC(=O)NC(Cc3ccccc3)C(=O)C(=O)NCc3nccs3)C2=O)c1. The number of carbonyl (C=O) groups excluding carboxylic acids is 5. The molecule has 1 aliphatic heterocycles. The third-order valence-electron chi connectivity index (χ3n) is 5.72. The van der Waals surface area contributed by atoms with Gasteiger partial charge in [-0.05, 0) is 23.8 Å². The maximum absolute atomic E-state index is 13.9. The molecule has 0 spiro atoms. The standard InChI is InChI=1S/C26H21FN6O5S/c27-18-8-17(12-28)9-19(11-18)32-15-23(35)33(26(32)38)14-21(34)31-20(10-16-4-2-1-3-5-16)24(36)25(37)30-13-22-29-6-7-39-22/h1-9,11,20H,10,13-15H2,(H,30,37)(H,31,34). The number of rotatable bonds is 10. The monoisotopic (exact) mass is 548 g/mol. The molecule has 1 atom stereocenters. The van der Waals surface area contributed by atoms with Crippen molar-refractivity contribution in [3.63, 3.8) is 0 Å². The van der Waals surface area contributed by atoms with E-state index in [1.165, 1.54) is 17.4 Å². The van der Waals surface area contributed by atoms with Crippen molar-refractivity contribution in [2.24, 2.45) is 0 Å². The van der Waals surface area contributed by atoms with Gasteiger partial charge in [0.25, 0.3) is 11.8 Å². The van der Waals surface area contributed by atoms with E-state index in [0.717, 1.165) is 17.0 Å². The quantitative estimate of drug-likeness (QED) is 0.288. The number of carbonyl (C=O) groups is 5. The van der Waals surface area contributed by atoms with Crippen LogP contribution in [0.4, 0.5) is 14.9 Å². The van der Waals surface area contributed by atoms with Crippen molar-refractivity contribution in [2.75, 3.05) is 18.0 Å². The number of nitrogens with one attached hydrogen (secondary N) is 2. The van der Waals surface area contributed by atoms with Crippen molar-refractivity contribution in [3.8, 4) is 6.07 Å². The van der Waals surface area contributed by atoms with E-state index in [0.29, 0.717) is 15.5 Å². The van der Waals surface area contributed by atoms with Gasteiger partial charge in [0.2, 0.25) is 11.7 Å². The van der Waals surface area contributed by atoms with Gasteiger partial charge < -0.3 is 10.6 Å². The maximum atomic E-state index is 13.9. The topological polar surface area (TPSA) is 153 Å². The summed E-state index contributed by atoms with van der Waals surface area (Å²) in [6, 6.07) is 11.5. The number of hydrogen-bond acceptors (Lipinski definition) is 8. The van der Waals surface area contributed by atoms with E-state index >= 15 is 0 Å². The van der Waals surface area contributed by atoms with Gasteiger partial charge in [-0.2, -0.15) is 5.26 Å². The molecule has 4 rings (SSSR count). The van der Waals surface area contributed by atoms with Crippen LogP contribution in [0, 0.1) is 17.1 Å². The number of nitrogens with zero attached hydrogens (tertiary/aromatic N) is 4. The molecule has 5 amide bonds. The lowest BCUT2D eigenvalue weighted by molar-refractivity contribution is -0.140. The summed E-state index contributed by atoms with van der Waals surface area (Å²) in [5.41, 5.74) is 0.612. The normalized spacial score (nSPS) is 13.6. The molecule has 1 aliphatic rings. The lowest BCUT2D eigenvalue weighted by Crippen LogP contribution is -2.51. The van der Waals surface area contributed by atoms with Gasteiger partial charge in [-0.15, -0.1) is 11.3 Å². The Kier molecular flexibility index (Phi) is 8.37. The number of ketones is 1. The molecule has 1 aromatic heterocycles. The van der Waals surface area contributed by atoms with Crippen molar-refractivity contribution in [3.05, 3.63) is 82.1 Å². The first-order valence-corrected chi connectivity index (χ1v) is 12.5. The van der Waals surface area contributed by atoms with Crippen molar-refractivity contribution in [2.45, 2.75) is 19.0 Å². The summed E-state index contributed by atoms with van der Waals surface area (Å²) in [6.45, 7) is -1.16. The summed E-state index contributed by atoms with van der Waals surface area (Å²) < 4.78 is 13.9. The molecule has 0 aliphatic carbocycles. The van der Waals surface area contributed by atoms with Gasteiger partial charge in [0.05, 0.1) is 23.9 Å². The maximum Gasteiger partial charge on any atom is 0.332 e. The first-order chi connectivity index (χ1) is 18.7. The third kappa shape index (κ3) is 6.68. The molecular weight excluding hydrogens is 527 g/mol. The summed E-state index contributed by atoms with van der Waals surface area (Å²) >= 11 is 1.30. The van der Waals surface area contributed by atoms with Gasteiger partial charge >= 0.3 is 6.03 Å². The third-order valence-corrected chi connectivity index (χ3v) is 6.50. The number of urea groups is 1. The Morgan fingerprint density at radius 1 is 1.15 bits per heavy atom.